The molecule has 0 saturated carbocycles. The van der Waals surface area contributed by atoms with Crippen LogP contribution in [0.25, 0.3) is 38.6 Å². The van der Waals surface area contributed by atoms with Crippen LogP contribution in [0.1, 0.15) is 16.7 Å². The number of nitrogens with zero attached hydrogens (tertiary/aromatic N) is 3. The minimum atomic E-state index is -0.0424. The Morgan fingerprint density at radius 3 is 1.86 bits per heavy atom. The molecule has 0 spiro atoms. The lowest BCUT2D eigenvalue weighted by Gasteiger charge is -2.49. The van der Waals surface area contributed by atoms with Crippen molar-refractivity contribution in [3.05, 3.63) is 217 Å². The van der Waals surface area contributed by atoms with E-state index in [1.165, 1.54) is 143 Å². The van der Waals surface area contributed by atoms with Crippen LogP contribution >= 0.6 is 11.8 Å². The summed E-state index contributed by atoms with van der Waals surface area (Å²) < 4.78 is 2.62. The highest BCUT2D eigenvalue weighted by atomic mass is 32.2. The van der Waals surface area contributed by atoms with Crippen LogP contribution in [0.4, 0.5) is 34.1 Å². The smallest absolute Gasteiger partial charge is 0.252 e. The zero-order valence-corrected chi connectivity index (χ0v) is 39.9. The van der Waals surface area contributed by atoms with Crippen LogP contribution in [0.2, 0.25) is 0 Å². The van der Waals surface area contributed by atoms with Gasteiger partial charge in [-0.05, 0) is 113 Å². The monoisotopic (exact) mass is 905 g/mol. The van der Waals surface area contributed by atoms with E-state index in [2.05, 4.69) is 235 Å². The number of aryl methyl sites for hydroxylation is 3. The van der Waals surface area contributed by atoms with Gasteiger partial charge in [0, 0.05) is 65.9 Å². The van der Waals surface area contributed by atoms with E-state index < -0.39 is 0 Å². The molecule has 0 radical (unpaired) electrons. The van der Waals surface area contributed by atoms with Gasteiger partial charge in [0.15, 0.2) is 0 Å². The minimum Gasteiger partial charge on any atom is -0.312 e. The number of hydrogen-bond acceptors (Lipinski definition) is 3. The Kier molecular flexibility index (Phi) is 7.88. The van der Waals surface area contributed by atoms with Crippen molar-refractivity contribution in [3.8, 4) is 16.8 Å². The lowest BCUT2D eigenvalue weighted by molar-refractivity contribution is 1.17. The fourth-order valence-electron chi connectivity index (χ4n) is 13.8. The number of hydrogen-bond donors (Lipinski definition) is 0. The summed E-state index contributed by atoms with van der Waals surface area (Å²) in [6, 6.07) is 76.6. The molecule has 5 aliphatic heterocycles. The molecule has 10 aromatic carbocycles. The summed E-state index contributed by atoms with van der Waals surface area (Å²) in [6.45, 7) is 6.97. The molecule has 3 nitrogen and oxygen atoms in total. The highest BCUT2D eigenvalue weighted by molar-refractivity contribution is 8.00. The van der Waals surface area contributed by atoms with Crippen LogP contribution in [0.3, 0.4) is 0 Å². The maximum atomic E-state index is 2.68. The Hall–Kier alpha value is -7.86. The predicted octanol–water partition coefficient (Wildman–Crippen LogP) is 9.58. The summed E-state index contributed by atoms with van der Waals surface area (Å²) in [5, 5.41) is 2.60. The summed E-state index contributed by atoms with van der Waals surface area (Å²) in [7, 11) is 0. The van der Waals surface area contributed by atoms with Crippen molar-refractivity contribution in [3.63, 3.8) is 0 Å². The summed E-state index contributed by atoms with van der Waals surface area (Å²) in [4.78, 5) is 7.96. The lowest BCUT2D eigenvalue weighted by Crippen LogP contribution is -2.69. The first-order valence-corrected chi connectivity index (χ1v) is 25.5. The molecular weight excluding hydrogens is 863 g/mol. The van der Waals surface area contributed by atoms with Gasteiger partial charge in [0.05, 0.1) is 5.52 Å². The average Bonchev–Trinajstić information content (AvgIpc) is 3.74. The van der Waals surface area contributed by atoms with Gasteiger partial charge in [0.25, 0.3) is 13.4 Å². The van der Waals surface area contributed by atoms with Gasteiger partial charge in [-0.15, -0.1) is 0 Å². The topological polar surface area (TPSA) is 11.4 Å². The predicted molar refractivity (Wildman–Crippen MR) is 301 cm³/mol. The molecule has 324 valence electrons. The molecule has 0 aliphatic carbocycles. The Morgan fingerprint density at radius 1 is 0.371 bits per heavy atom. The first kappa shape index (κ1) is 39.0. The van der Waals surface area contributed by atoms with Crippen LogP contribution in [-0.4, -0.2) is 24.7 Å². The SMILES string of the molecule is Cc1cc(C)c(B2c3ccccc3Sc3cc4c(cc32)B2c3ccc(-c5ccccc5)cc3N3c5ccccc5B5c6c(cc(c2c63)N4c2ccccc2)-n2c3ccccc3c3cccc5c32)c(C)c1. The van der Waals surface area contributed by atoms with E-state index >= 15 is 0 Å². The van der Waals surface area contributed by atoms with Crippen molar-refractivity contribution in [1.82, 2.24) is 4.57 Å². The van der Waals surface area contributed by atoms with Gasteiger partial charge in [-0.2, -0.15) is 0 Å². The summed E-state index contributed by atoms with van der Waals surface area (Å²) in [6.07, 6.45) is 0. The maximum Gasteiger partial charge on any atom is 0.252 e. The molecule has 0 amide bonds. The van der Waals surface area contributed by atoms with E-state index in [0.717, 1.165) is 5.69 Å². The van der Waals surface area contributed by atoms with Gasteiger partial charge in [0.2, 0.25) is 6.71 Å². The maximum absolute atomic E-state index is 2.68. The number of benzene rings is 10. The molecule has 0 bridgehead atoms. The van der Waals surface area contributed by atoms with Crippen molar-refractivity contribution in [2.45, 2.75) is 30.6 Å². The van der Waals surface area contributed by atoms with E-state index in [-0.39, 0.29) is 20.1 Å². The lowest BCUT2D eigenvalue weighted by atomic mass is 9.28. The average molecular weight is 906 g/mol. The second kappa shape index (κ2) is 14.1. The molecule has 70 heavy (non-hydrogen) atoms. The zero-order chi connectivity index (χ0) is 46.1. The molecule has 0 saturated heterocycles. The standard InChI is InChI=1S/C63H42B3N3S/c1-37-31-38(2)59(39(3)32-37)66-47-24-12-15-28-57(47)70-58-36-54-49(34-50(58)66)65-46-30-29-41(40-17-6-4-7-18-40)33-53(46)69-52-27-14-11-23-45(52)64-48-25-16-22-44-43-21-10-13-26-51(43)68(62(44)48)56-35-55(60(65)63(69)61(56)64)67(54)42-19-8-5-9-20-42/h4-36H,1-3H3. The molecular formula is C63H42B3N3S. The first-order chi connectivity index (χ1) is 34.5. The largest absolute Gasteiger partial charge is 0.312 e. The Bertz CT molecular complexity index is 4100. The summed E-state index contributed by atoms with van der Waals surface area (Å²) in [5.41, 5.74) is 30.2. The van der Waals surface area contributed by atoms with Crippen LogP contribution in [0, 0.1) is 20.8 Å². The van der Waals surface area contributed by atoms with Gasteiger partial charge in [-0.1, -0.05) is 196 Å². The summed E-state index contributed by atoms with van der Waals surface area (Å²) >= 11 is 1.94. The summed E-state index contributed by atoms with van der Waals surface area (Å²) in [5.74, 6) is 0. The third-order valence-corrected chi connectivity index (χ3v) is 17.5. The van der Waals surface area contributed by atoms with Crippen LogP contribution in [0.5, 0.6) is 0 Å². The van der Waals surface area contributed by atoms with Gasteiger partial charge in [-0.3, -0.25) is 0 Å². The molecule has 0 fully saturated rings. The molecule has 1 aromatic heterocycles. The van der Waals surface area contributed by atoms with Gasteiger partial charge >= 0.3 is 0 Å². The molecule has 11 aromatic rings. The molecule has 16 rings (SSSR count). The van der Waals surface area contributed by atoms with E-state index in [1.807, 2.05) is 11.8 Å². The van der Waals surface area contributed by atoms with Crippen molar-refractivity contribution in [2.75, 3.05) is 9.80 Å². The first-order valence-electron chi connectivity index (χ1n) is 24.7. The highest BCUT2D eigenvalue weighted by Crippen LogP contribution is 2.49. The van der Waals surface area contributed by atoms with Gasteiger partial charge in [-0.25, -0.2) is 0 Å². The quantitative estimate of drug-likeness (QED) is 0.164. The van der Waals surface area contributed by atoms with Gasteiger partial charge < -0.3 is 14.4 Å². The molecule has 6 heterocycles. The molecule has 7 heteroatoms. The van der Waals surface area contributed by atoms with Crippen molar-refractivity contribution in [1.29, 1.82) is 0 Å². The number of aromatic nitrogens is 1. The number of rotatable bonds is 3. The van der Waals surface area contributed by atoms with Gasteiger partial charge in [0.1, 0.15) is 0 Å². The zero-order valence-electron chi connectivity index (χ0n) is 39.0. The Labute approximate surface area is 413 Å². The van der Waals surface area contributed by atoms with Crippen LogP contribution < -0.4 is 59.0 Å². The van der Waals surface area contributed by atoms with Crippen molar-refractivity contribution in [2.24, 2.45) is 0 Å². The van der Waals surface area contributed by atoms with Crippen LogP contribution in [-0.2, 0) is 0 Å². The minimum absolute atomic E-state index is 0.0424. The second-order valence-electron chi connectivity index (χ2n) is 20.1. The fraction of sp³-hybridized carbons (Fsp3) is 0.0476. The van der Waals surface area contributed by atoms with Crippen molar-refractivity contribution < 1.29 is 0 Å². The Morgan fingerprint density at radius 2 is 1.01 bits per heavy atom. The fourth-order valence-corrected chi connectivity index (χ4v) is 15.0. The third-order valence-electron chi connectivity index (χ3n) is 16.3. The molecule has 0 atom stereocenters. The Balaban J connectivity index is 1.07. The molecule has 0 N–H and O–H groups in total. The van der Waals surface area contributed by atoms with Crippen molar-refractivity contribution >= 4 is 137 Å². The normalized spacial score (nSPS) is 14.0. The van der Waals surface area contributed by atoms with Crippen LogP contribution in [0.15, 0.2) is 210 Å². The number of para-hydroxylation sites is 4. The molecule has 0 unspecified atom stereocenters. The second-order valence-corrected chi connectivity index (χ2v) is 21.2. The highest BCUT2D eigenvalue weighted by Gasteiger charge is 2.51. The number of anilines is 6. The molecule has 5 aliphatic rings. The van der Waals surface area contributed by atoms with E-state index in [1.54, 1.807) is 0 Å². The van der Waals surface area contributed by atoms with E-state index in [0.29, 0.717) is 0 Å². The number of fused-ring (bicyclic) bond motifs is 15. The van der Waals surface area contributed by atoms with E-state index in [9.17, 15) is 0 Å². The van der Waals surface area contributed by atoms with E-state index in [4.69, 9.17) is 0 Å². The third kappa shape index (κ3) is 5.05.